The van der Waals surface area contributed by atoms with Crippen molar-refractivity contribution < 1.29 is 13.9 Å². The highest BCUT2D eigenvalue weighted by molar-refractivity contribution is 5.69. The van der Waals surface area contributed by atoms with Gasteiger partial charge in [0.2, 0.25) is 0 Å². The zero-order valence-corrected chi connectivity index (χ0v) is 12.4. The molecule has 1 aromatic rings. The van der Waals surface area contributed by atoms with E-state index in [4.69, 9.17) is 4.74 Å². The first kappa shape index (κ1) is 14.6. The van der Waals surface area contributed by atoms with Crippen LogP contribution in [0.4, 0.5) is 14.9 Å². The summed E-state index contributed by atoms with van der Waals surface area (Å²) >= 11 is 0. The molecule has 1 saturated heterocycles. The van der Waals surface area contributed by atoms with Gasteiger partial charge in [0, 0.05) is 18.8 Å². The third-order valence-corrected chi connectivity index (χ3v) is 2.95. The van der Waals surface area contributed by atoms with Gasteiger partial charge in [-0.2, -0.15) is 0 Å². The molecule has 1 fully saturated rings. The van der Waals surface area contributed by atoms with Crippen LogP contribution in [0.25, 0.3) is 0 Å². The molecule has 5 heteroatoms. The minimum atomic E-state index is -0.477. The summed E-state index contributed by atoms with van der Waals surface area (Å²) in [5, 5.41) is 3.22. The Labute approximate surface area is 118 Å². The van der Waals surface area contributed by atoms with Gasteiger partial charge in [-0.25, -0.2) is 9.18 Å². The summed E-state index contributed by atoms with van der Waals surface area (Å²) in [5.41, 5.74) is 1.14. The molecule has 20 heavy (non-hydrogen) atoms. The summed E-state index contributed by atoms with van der Waals surface area (Å²) < 4.78 is 18.5. The highest BCUT2D eigenvalue weighted by Crippen LogP contribution is 2.20. The number of aryl methyl sites for hydroxylation is 1. The van der Waals surface area contributed by atoms with Crippen LogP contribution in [-0.2, 0) is 4.74 Å². The van der Waals surface area contributed by atoms with Crippen LogP contribution in [0.5, 0.6) is 0 Å². The van der Waals surface area contributed by atoms with Crippen LogP contribution in [0.3, 0.4) is 0 Å². The van der Waals surface area contributed by atoms with Gasteiger partial charge in [0.05, 0.1) is 6.04 Å². The molecule has 0 unspecified atom stereocenters. The van der Waals surface area contributed by atoms with Gasteiger partial charge in [-0.1, -0.05) is 0 Å². The molecule has 1 amide bonds. The number of amides is 1. The first-order valence-corrected chi connectivity index (χ1v) is 6.74. The van der Waals surface area contributed by atoms with Crippen LogP contribution in [0.1, 0.15) is 26.3 Å². The molecule has 0 atom stereocenters. The minimum absolute atomic E-state index is 0.142. The number of likely N-dealkylation sites (tertiary alicyclic amines) is 1. The van der Waals surface area contributed by atoms with Crippen LogP contribution in [-0.4, -0.2) is 35.7 Å². The second-order valence-corrected chi connectivity index (χ2v) is 6.24. The third-order valence-electron chi connectivity index (χ3n) is 2.95. The third kappa shape index (κ3) is 3.85. The Bertz CT molecular complexity index is 485. The van der Waals surface area contributed by atoms with Gasteiger partial charge < -0.3 is 15.0 Å². The zero-order chi connectivity index (χ0) is 14.9. The number of hydrogen-bond donors (Lipinski definition) is 1. The van der Waals surface area contributed by atoms with Crippen LogP contribution >= 0.6 is 0 Å². The number of hydrogen-bond acceptors (Lipinski definition) is 3. The molecule has 0 aromatic heterocycles. The fourth-order valence-electron chi connectivity index (χ4n) is 2.10. The number of halogens is 1. The second-order valence-electron chi connectivity index (χ2n) is 6.24. The highest BCUT2D eigenvalue weighted by Gasteiger charge is 2.33. The lowest BCUT2D eigenvalue weighted by Crippen LogP contribution is -2.57. The SMILES string of the molecule is Cc1cc(F)cc(NC2CN(C(=O)OC(C)(C)C)C2)c1. The van der Waals surface area contributed by atoms with E-state index < -0.39 is 5.60 Å². The normalized spacial score (nSPS) is 15.8. The summed E-state index contributed by atoms with van der Waals surface area (Å²) in [6.07, 6.45) is -0.300. The van der Waals surface area contributed by atoms with Gasteiger partial charge in [-0.05, 0) is 51.5 Å². The van der Waals surface area contributed by atoms with Crippen LogP contribution in [0.2, 0.25) is 0 Å². The fraction of sp³-hybridized carbons (Fsp3) is 0.533. The molecule has 0 aliphatic carbocycles. The van der Waals surface area contributed by atoms with E-state index in [1.807, 2.05) is 33.8 Å². The molecule has 0 saturated carbocycles. The number of rotatable bonds is 2. The van der Waals surface area contributed by atoms with Crippen molar-refractivity contribution in [2.45, 2.75) is 39.3 Å². The maximum atomic E-state index is 13.3. The van der Waals surface area contributed by atoms with Gasteiger partial charge in [0.25, 0.3) is 0 Å². The van der Waals surface area contributed by atoms with E-state index in [0.717, 1.165) is 11.3 Å². The van der Waals surface area contributed by atoms with Crippen molar-refractivity contribution in [2.24, 2.45) is 0 Å². The number of benzene rings is 1. The Morgan fingerprint density at radius 1 is 1.35 bits per heavy atom. The van der Waals surface area contributed by atoms with Crippen molar-refractivity contribution in [3.8, 4) is 0 Å². The Morgan fingerprint density at radius 3 is 2.55 bits per heavy atom. The Morgan fingerprint density at radius 2 is 2.00 bits per heavy atom. The monoisotopic (exact) mass is 280 g/mol. The number of nitrogens with one attached hydrogen (secondary N) is 1. The van der Waals surface area contributed by atoms with Gasteiger partial charge in [0.15, 0.2) is 0 Å². The van der Waals surface area contributed by atoms with Gasteiger partial charge in [-0.15, -0.1) is 0 Å². The molecule has 4 nitrogen and oxygen atoms in total. The number of nitrogens with zero attached hydrogens (tertiary/aromatic N) is 1. The first-order valence-electron chi connectivity index (χ1n) is 6.74. The highest BCUT2D eigenvalue weighted by atomic mass is 19.1. The molecule has 1 aliphatic heterocycles. The molecule has 1 aromatic carbocycles. The van der Waals surface area contributed by atoms with Crippen LogP contribution in [0.15, 0.2) is 18.2 Å². The first-order chi connectivity index (χ1) is 9.23. The molecule has 0 bridgehead atoms. The van der Waals surface area contributed by atoms with Gasteiger partial charge in [0.1, 0.15) is 11.4 Å². The van der Waals surface area contributed by atoms with Crippen molar-refractivity contribution in [3.63, 3.8) is 0 Å². The molecule has 1 heterocycles. The van der Waals surface area contributed by atoms with Crippen molar-refractivity contribution in [1.82, 2.24) is 4.90 Å². The summed E-state index contributed by atoms with van der Waals surface area (Å²) in [5.74, 6) is -0.254. The van der Waals surface area contributed by atoms with Crippen molar-refractivity contribution in [1.29, 1.82) is 0 Å². The van der Waals surface area contributed by atoms with Crippen LogP contribution < -0.4 is 5.32 Å². The quantitative estimate of drug-likeness (QED) is 0.904. The Balaban J connectivity index is 1.83. The standard InChI is InChI=1S/C15H21FN2O2/c1-10-5-11(16)7-12(6-10)17-13-8-18(9-13)14(19)20-15(2,3)4/h5-7,13,17H,8-9H2,1-4H3. The lowest BCUT2D eigenvalue weighted by molar-refractivity contribution is 0.0105. The number of ether oxygens (including phenoxy) is 1. The number of carbonyl (C=O) groups excluding carboxylic acids is 1. The maximum absolute atomic E-state index is 13.3. The van der Waals surface area contributed by atoms with E-state index in [-0.39, 0.29) is 18.0 Å². The van der Waals surface area contributed by atoms with E-state index in [9.17, 15) is 9.18 Å². The van der Waals surface area contributed by atoms with Crippen molar-refractivity contribution in [3.05, 3.63) is 29.6 Å². The summed E-state index contributed by atoms with van der Waals surface area (Å²) in [7, 11) is 0. The average molecular weight is 280 g/mol. The Hall–Kier alpha value is -1.78. The van der Waals surface area contributed by atoms with E-state index >= 15 is 0 Å². The van der Waals surface area contributed by atoms with Crippen LogP contribution in [0, 0.1) is 12.7 Å². The molecule has 2 rings (SSSR count). The van der Waals surface area contributed by atoms with E-state index in [2.05, 4.69) is 5.32 Å². The predicted octanol–water partition coefficient (Wildman–Crippen LogP) is 3.17. The molecule has 0 radical (unpaired) electrons. The maximum Gasteiger partial charge on any atom is 0.410 e. The lowest BCUT2D eigenvalue weighted by Gasteiger charge is -2.40. The largest absolute Gasteiger partial charge is 0.444 e. The zero-order valence-electron chi connectivity index (χ0n) is 12.4. The van der Waals surface area contributed by atoms with Crippen molar-refractivity contribution in [2.75, 3.05) is 18.4 Å². The average Bonchev–Trinajstić information content (AvgIpc) is 2.18. The molecule has 0 spiro atoms. The van der Waals surface area contributed by atoms with E-state index in [1.165, 1.54) is 12.1 Å². The fourth-order valence-corrected chi connectivity index (χ4v) is 2.10. The summed E-state index contributed by atoms with van der Waals surface area (Å²) in [6.45, 7) is 8.53. The van der Waals surface area contributed by atoms with Gasteiger partial charge >= 0.3 is 6.09 Å². The second kappa shape index (κ2) is 5.31. The van der Waals surface area contributed by atoms with E-state index in [1.54, 1.807) is 4.90 Å². The van der Waals surface area contributed by atoms with E-state index in [0.29, 0.717) is 13.1 Å². The molecule has 1 aliphatic rings. The molecule has 110 valence electrons. The van der Waals surface area contributed by atoms with Gasteiger partial charge in [-0.3, -0.25) is 0 Å². The summed E-state index contributed by atoms with van der Waals surface area (Å²) in [6, 6.07) is 4.98. The predicted molar refractivity (Wildman–Crippen MR) is 76.4 cm³/mol. The summed E-state index contributed by atoms with van der Waals surface area (Å²) in [4.78, 5) is 13.4. The smallest absolute Gasteiger partial charge is 0.410 e. The number of carbonyl (C=O) groups is 1. The lowest BCUT2D eigenvalue weighted by atomic mass is 10.1. The Kier molecular flexibility index (Phi) is 3.88. The number of anilines is 1. The van der Waals surface area contributed by atoms with Crippen molar-refractivity contribution >= 4 is 11.8 Å². The molecular formula is C15H21FN2O2. The topological polar surface area (TPSA) is 41.6 Å². The minimum Gasteiger partial charge on any atom is -0.444 e. The molecule has 1 N–H and O–H groups in total. The molecular weight excluding hydrogens is 259 g/mol.